The van der Waals surface area contributed by atoms with Crippen molar-refractivity contribution < 1.29 is 19.5 Å². The third-order valence-corrected chi connectivity index (χ3v) is 4.38. The van der Waals surface area contributed by atoms with Crippen molar-refractivity contribution in [2.45, 2.75) is 32.6 Å². The zero-order chi connectivity index (χ0) is 13.3. The summed E-state index contributed by atoms with van der Waals surface area (Å²) in [5.41, 5.74) is 0.667. The molecule has 4 atom stereocenters. The molecule has 1 N–H and O–H groups in total. The van der Waals surface area contributed by atoms with Crippen molar-refractivity contribution in [1.82, 2.24) is 0 Å². The highest BCUT2D eigenvalue weighted by molar-refractivity contribution is 6.01. The number of nitrogens with zero attached hydrogens (tertiary/aromatic N) is 1. The number of ketones is 1. The number of methoxy groups -OCH3 is 1. The molecule has 2 saturated carbocycles. The lowest BCUT2D eigenvalue weighted by Crippen LogP contribution is -2.48. The van der Waals surface area contributed by atoms with E-state index >= 15 is 0 Å². The van der Waals surface area contributed by atoms with Crippen molar-refractivity contribution in [1.29, 1.82) is 0 Å². The minimum absolute atomic E-state index is 0.103. The van der Waals surface area contributed by atoms with E-state index in [-0.39, 0.29) is 35.4 Å². The molecule has 0 saturated heterocycles. The van der Waals surface area contributed by atoms with Gasteiger partial charge in [0.15, 0.2) is 0 Å². The molecule has 0 heterocycles. The van der Waals surface area contributed by atoms with Gasteiger partial charge in [-0.05, 0) is 25.2 Å². The van der Waals surface area contributed by atoms with Gasteiger partial charge in [0.1, 0.15) is 5.78 Å². The third kappa shape index (κ3) is 2.02. The predicted molar refractivity (Wildman–Crippen MR) is 64.3 cm³/mol. The Labute approximate surface area is 106 Å². The predicted octanol–water partition coefficient (Wildman–Crippen LogP) is 1.63. The number of hydrogen-bond donors (Lipinski definition) is 1. The summed E-state index contributed by atoms with van der Waals surface area (Å²) in [7, 11) is 1.35. The molecule has 0 bridgehead atoms. The first kappa shape index (κ1) is 13.1. The molecule has 0 aliphatic heterocycles. The van der Waals surface area contributed by atoms with Crippen LogP contribution in [-0.4, -0.2) is 29.8 Å². The third-order valence-electron chi connectivity index (χ3n) is 4.38. The molecule has 5 heteroatoms. The molecule has 5 nitrogen and oxygen atoms in total. The fourth-order valence-corrected chi connectivity index (χ4v) is 3.48. The second-order valence-electron chi connectivity index (χ2n) is 5.29. The summed E-state index contributed by atoms with van der Waals surface area (Å²) in [4.78, 5) is 23.9. The Morgan fingerprint density at radius 1 is 1.33 bits per heavy atom. The first-order valence-electron chi connectivity index (χ1n) is 6.41. The molecule has 0 amide bonds. The van der Waals surface area contributed by atoms with Crippen LogP contribution in [0, 0.1) is 23.7 Å². The summed E-state index contributed by atoms with van der Waals surface area (Å²) in [5, 5.41) is 12.4. The molecule has 0 spiro atoms. The molecular formula is C13H19NO4. The van der Waals surface area contributed by atoms with E-state index in [1.165, 1.54) is 7.11 Å². The number of Topliss-reactive ketones (excluding diaryl/α,β-unsaturated/α-hetero) is 1. The van der Waals surface area contributed by atoms with Crippen LogP contribution < -0.4 is 0 Å². The van der Waals surface area contributed by atoms with Crippen molar-refractivity contribution in [3.63, 3.8) is 0 Å². The zero-order valence-corrected chi connectivity index (χ0v) is 10.8. The van der Waals surface area contributed by atoms with Crippen molar-refractivity contribution in [2.75, 3.05) is 7.11 Å². The van der Waals surface area contributed by atoms with Crippen LogP contribution in [-0.2, 0) is 14.3 Å². The minimum atomic E-state index is -0.374. The molecule has 0 aromatic carbocycles. The summed E-state index contributed by atoms with van der Waals surface area (Å²) in [6.45, 7) is 2.05. The van der Waals surface area contributed by atoms with Gasteiger partial charge in [-0.15, -0.1) is 0 Å². The van der Waals surface area contributed by atoms with Crippen molar-refractivity contribution in [3.8, 4) is 0 Å². The molecule has 2 aliphatic rings. The molecule has 2 rings (SSSR count). The molecule has 18 heavy (non-hydrogen) atoms. The Hall–Kier alpha value is -1.39. The Morgan fingerprint density at radius 2 is 2.06 bits per heavy atom. The largest absolute Gasteiger partial charge is 0.469 e. The average molecular weight is 253 g/mol. The van der Waals surface area contributed by atoms with Gasteiger partial charge < -0.3 is 9.94 Å². The highest BCUT2D eigenvalue weighted by Crippen LogP contribution is 2.44. The normalized spacial score (nSPS) is 38.3. The molecule has 0 radical (unpaired) electrons. The van der Waals surface area contributed by atoms with Crippen LogP contribution in [0.15, 0.2) is 5.16 Å². The number of ether oxygens (including phenoxy) is 1. The number of esters is 1. The Balaban J connectivity index is 2.34. The van der Waals surface area contributed by atoms with Gasteiger partial charge in [-0.25, -0.2) is 0 Å². The van der Waals surface area contributed by atoms with Gasteiger partial charge in [0.2, 0.25) is 0 Å². The number of carbonyl (C=O) groups is 2. The van der Waals surface area contributed by atoms with Gasteiger partial charge in [0.25, 0.3) is 0 Å². The first-order chi connectivity index (χ1) is 8.60. The summed E-state index contributed by atoms with van der Waals surface area (Å²) >= 11 is 0. The van der Waals surface area contributed by atoms with Gasteiger partial charge in [0.05, 0.1) is 18.7 Å². The van der Waals surface area contributed by atoms with E-state index in [0.717, 1.165) is 6.42 Å². The van der Waals surface area contributed by atoms with Crippen molar-refractivity contribution >= 4 is 17.5 Å². The summed E-state index contributed by atoms with van der Waals surface area (Å²) in [6, 6.07) is 0. The van der Waals surface area contributed by atoms with E-state index in [2.05, 4.69) is 12.1 Å². The van der Waals surface area contributed by atoms with Gasteiger partial charge in [0, 0.05) is 18.3 Å². The molecule has 0 aromatic heterocycles. The lowest BCUT2D eigenvalue weighted by Gasteiger charge is -2.42. The van der Waals surface area contributed by atoms with E-state index in [1.807, 2.05) is 0 Å². The second kappa shape index (κ2) is 5.08. The highest BCUT2D eigenvalue weighted by Gasteiger charge is 2.49. The van der Waals surface area contributed by atoms with E-state index in [0.29, 0.717) is 25.0 Å². The Kier molecular flexibility index (Phi) is 3.68. The van der Waals surface area contributed by atoms with Gasteiger partial charge in [-0.1, -0.05) is 12.1 Å². The van der Waals surface area contributed by atoms with Crippen LogP contribution in [0.5, 0.6) is 0 Å². The fourth-order valence-electron chi connectivity index (χ4n) is 3.48. The second-order valence-corrected chi connectivity index (χ2v) is 5.29. The number of carbonyl (C=O) groups excluding carboxylic acids is 2. The van der Waals surface area contributed by atoms with Gasteiger partial charge in [-0.2, -0.15) is 0 Å². The van der Waals surface area contributed by atoms with Crippen LogP contribution in [0.4, 0.5) is 0 Å². The highest BCUT2D eigenvalue weighted by atomic mass is 16.5. The average Bonchev–Trinajstić information content (AvgIpc) is 2.39. The maximum Gasteiger partial charge on any atom is 0.309 e. The maximum absolute atomic E-state index is 12.1. The first-order valence-corrected chi connectivity index (χ1v) is 6.41. The summed E-state index contributed by atoms with van der Waals surface area (Å²) < 4.78 is 4.80. The maximum atomic E-state index is 12.1. The SMILES string of the molecule is COC(=O)[C@@H]1CC[C@H](C)[C@@H]2C(=NO)CCC(=O)[C@@H]21. The van der Waals surface area contributed by atoms with Crippen LogP contribution in [0.2, 0.25) is 0 Å². The van der Waals surface area contributed by atoms with Crippen LogP contribution in [0.1, 0.15) is 32.6 Å². The van der Waals surface area contributed by atoms with Gasteiger partial charge >= 0.3 is 5.97 Å². The molecule has 2 fully saturated rings. The standard InChI is InChI=1S/C13H19NO4/c1-7-3-4-8(13(16)18-2)12-10(15)6-5-9(14-17)11(7)12/h7-8,11-12,17H,3-6H2,1-2H3/t7-,8+,11+,12-/m0/s1. The zero-order valence-electron chi connectivity index (χ0n) is 10.8. The lowest BCUT2D eigenvalue weighted by atomic mass is 9.60. The van der Waals surface area contributed by atoms with E-state index < -0.39 is 0 Å². The van der Waals surface area contributed by atoms with Crippen LogP contribution in [0.3, 0.4) is 0 Å². The van der Waals surface area contributed by atoms with Crippen molar-refractivity contribution in [2.24, 2.45) is 28.8 Å². The molecule has 2 aliphatic carbocycles. The van der Waals surface area contributed by atoms with Crippen LogP contribution in [0.25, 0.3) is 0 Å². The summed E-state index contributed by atoms with van der Waals surface area (Å²) in [5.74, 6) is -0.777. The smallest absolute Gasteiger partial charge is 0.309 e. The topological polar surface area (TPSA) is 76.0 Å². The minimum Gasteiger partial charge on any atom is -0.469 e. The monoisotopic (exact) mass is 253 g/mol. The lowest BCUT2D eigenvalue weighted by molar-refractivity contribution is -0.153. The molecule has 0 unspecified atom stereocenters. The van der Waals surface area contributed by atoms with E-state index in [9.17, 15) is 9.59 Å². The number of oxime groups is 1. The fraction of sp³-hybridized carbons (Fsp3) is 0.769. The summed E-state index contributed by atoms with van der Waals surface area (Å²) in [6.07, 6.45) is 2.40. The van der Waals surface area contributed by atoms with Crippen LogP contribution >= 0.6 is 0 Å². The molecule has 100 valence electrons. The Morgan fingerprint density at radius 3 is 2.67 bits per heavy atom. The number of fused-ring (bicyclic) bond motifs is 1. The quantitative estimate of drug-likeness (QED) is 0.438. The van der Waals surface area contributed by atoms with Gasteiger partial charge in [-0.3, -0.25) is 9.59 Å². The van der Waals surface area contributed by atoms with E-state index in [4.69, 9.17) is 9.94 Å². The number of hydrogen-bond acceptors (Lipinski definition) is 5. The van der Waals surface area contributed by atoms with Crippen molar-refractivity contribution in [3.05, 3.63) is 0 Å². The number of rotatable bonds is 1. The van der Waals surface area contributed by atoms with E-state index in [1.54, 1.807) is 0 Å². The Bertz CT molecular complexity index is 390. The molecule has 0 aromatic rings. The molecular weight excluding hydrogens is 234 g/mol.